The minimum absolute atomic E-state index is 0.0732. The largest absolute Gasteiger partial charge is 0.439 e. The molecule has 11 heteroatoms. The van der Waals surface area contributed by atoms with E-state index in [0.29, 0.717) is 36.7 Å². The molecule has 3 aromatic rings. The standard InChI is InChI=1S/C28H31F3N6O2/c1-18-3-4-19(15-24(18)39-25-9-10-32-27(35-25)34-21-7-8-21)26(38)33-22-6-5-20(23(16-22)28(29,30)31)17-37-13-11-36(2)12-14-37/h3-6,9-10,15-16,21H,7-8,11-14,17H2,1-2H3,(H,33,38)(H,32,34,35). The second-order valence-corrected chi connectivity index (χ2v) is 10.1. The van der Waals surface area contributed by atoms with E-state index in [9.17, 15) is 18.0 Å². The zero-order valence-electron chi connectivity index (χ0n) is 21.9. The van der Waals surface area contributed by atoms with Gasteiger partial charge in [0, 0.05) is 62.3 Å². The molecule has 2 aliphatic rings. The number of hydrogen-bond acceptors (Lipinski definition) is 7. The third-order valence-electron chi connectivity index (χ3n) is 6.87. The van der Waals surface area contributed by atoms with E-state index >= 15 is 0 Å². The van der Waals surface area contributed by atoms with Crippen molar-refractivity contribution in [1.29, 1.82) is 0 Å². The number of piperazine rings is 1. The van der Waals surface area contributed by atoms with Crippen LogP contribution in [0.3, 0.4) is 0 Å². The van der Waals surface area contributed by atoms with Crippen LogP contribution in [0.5, 0.6) is 11.6 Å². The number of nitrogens with zero attached hydrogens (tertiary/aromatic N) is 4. The quantitative estimate of drug-likeness (QED) is 0.408. The Kier molecular flexibility index (Phi) is 7.72. The lowest BCUT2D eigenvalue weighted by molar-refractivity contribution is -0.138. The van der Waals surface area contributed by atoms with Crippen molar-refractivity contribution in [2.45, 2.75) is 38.5 Å². The topological polar surface area (TPSA) is 82.6 Å². The van der Waals surface area contributed by atoms with Gasteiger partial charge in [0.15, 0.2) is 0 Å². The number of amides is 1. The number of ether oxygens (including phenoxy) is 1. The molecule has 2 heterocycles. The van der Waals surface area contributed by atoms with Crippen molar-refractivity contribution >= 4 is 17.5 Å². The average molecular weight is 541 g/mol. The maximum absolute atomic E-state index is 13.9. The Balaban J connectivity index is 1.30. The number of carbonyl (C=O) groups is 1. The summed E-state index contributed by atoms with van der Waals surface area (Å²) in [6, 6.07) is 10.8. The van der Waals surface area contributed by atoms with Crippen molar-refractivity contribution in [2.24, 2.45) is 0 Å². The van der Waals surface area contributed by atoms with Gasteiger partial charge in [0.25, 0.3) is 5.91 Å². The van der Waals surface area contributed by atoms with Crippen LogP contribution in [0, 0.1) is 6.92 Å². The van der Waals surface area contributed by atoms with Crippen LogP contribution in [0.2, 0.25) is 0 Å². The van der Waals surface area contributed by atoms with E-state index in [4.69, 9.17) is 4.74 Å². The number of likely N-dealkylation sites (N-methyl/N-ethyl adjacent to an activating group) is 1. The Morgan fingerprint density at radius 2 is 1.85 bits per heavy atom. The summed E-state index contributed by atoms with van der Waals surface area (Å²) in [5.74, 6) is 0.661. The van der Waals surface area contributed by atoms with Gasteiger partial charge in [-0.15, -0.1) is 0 Å². The van der Waals surface area contributed by atoms with E-state index in [1.54, 1.807) is 30.5 Å². The van der Waals surface area contributed by atoms with Gasteiger partial charge in [-0.1, -0.05) is 12.1 Å². The summed E-state index contributed by atoms with van der Waals surface area (Å²) in [6.45, 7) is 5.07. The fourth-order valence-electron chi connectivity index (χ4n) is 4.35. The first-order valence-corrected chi connectivity index (χ1v) is 12.9. The molecule has 0 atom stereocenters. The molecule has 2 aromatic carbocycles. The van der Waals surface area contributed by atoms with Crippen molar-refractivity contribution in [2.75, 3.05) is 43.9 Å². The van der Waals surface area contributed by atoms with Gasteiger partial charge in [-0.3, -0.25) is 9.69 Å². The summed E-state index contributed by atoms with van der Waals surface area (Å²) >= 11 is 0. The molecule has 8 nitrogen and oxygen atoms in total. The number of anilines is 2. The SMILES string of the molecule is Cc1ccc(C(=O)Nc2ccc(CN3CCN(C)CC3)c(C(F)(F)F)c2)cc1Oc1ccnc(NC2CC2)n1. The van der Waals surface area contributed by atoms with Crippen LogP contribution in [0.1, 0.15) is 39.9 Å². The number of aromatic nitrogens is 2. The summed E-state index contributed by atoms with van der Waals surface area (Å²) in [5, 5.41) is 5.81. The summed E-state index contributed by atoms with van der Waals surface area (Å²) in [7, 11) is 2.00. The van der Waals surface area contributed by atoms with Crippen LogP contribution in [0.25, 0.3) is 0 Å². The lowest BCUT2D eigenvalue weighted by Gasteiger charge is -2.33. The molecular formula is C28H31F3N6O2. The van der Waals surface area contributed by atoms with E-state index in [-0.39, 0.29) is 23.4 Å². The van der Waals surface area contributed by atoms with E-state index in [1.807, 2.05) is 18.9 Å². The van der Waals surface area contributed by atoms with Crippen molar-refractivity contribution in [1.82, 2.24) is 19.8 Å². The predicted molar refractivity (Wildman–Crippen MR) is 142 cm³/mol. The van der Waals surface area contributed by atoms with Crippen LogP contribution in [-0.2, 0) is 12.7 Å². The van der Waals surface area contributed by atoms with Gasteiger partial charge in [0.1, 0.15) is 5.75 Å². The summed E-state index contributed by atoms with van der Waals surface area (Å²) in [6.07, 6.45) is -0.800. The Morgan fingerprint density at radius 3 is 2.56 bits per heavy atom. The van der Waals surface area contributed by atoms with Crippen LogP contribution >= 0.6 is 0 Å². The molecule has 0 radical (unpaired) electrons. The van der Waals surface area contributed by atoms with Crippen LogP contribution in [-0.4, -0.2) is 64.9 Å². The number of halogens is 3. The average Bonchev–Trinajstić information content (AvgIpc) is 3.71. The van der Waals surface area contributed by atoms with Gasteiger partial charge >= 0.3 is 6.18 Å². The second kappa shape index (κ2) is 11.2. The minimum Gasteiger partial charge on any atom is -0.439 e. The molecule has 0 unspecified atom stereocenters. The number of carbonyl (C=O) groups excluding carboxylic acids is 1. The minimum atomic E-state index is -4.54. The molecule has 2 N–H and O–H groups in total. The van der Waals surface area contributed by atoms with Crippen molar-refractivity contribution in [3.8, 4) is 11.6 Å². The first-order valence-electron chi connectivity index (χ1n) is 12.9. The maximum Gasteiger partial charge on any atom is 0.416 e. The van der Waals surface area contributed by atoms with E-state index in [0.717, 1.165) is 37.6 Å². The number of alkyl halides is 3. The maximum atomic E-state index is 13.9. The first-order chi connectivity index (χ1) is 18.6. The summed E-state index contributed by atoms with van der Waals surface area (Å²) in [4.78, 5) is 25.7. The Labute approximate surface area is 225 Å². The number of nitrogens with one attached hydrogen (secondary N) is 2. The van der Waals surface area contributed by atoms with Gasteiger partial charge < -0.3 is 20.3 Å². The Morgan fingerprint density at radius 1 is 1.08 bits per heavy atom. The predicted octanol–water partition coefficient (Wildman–Crippen LogP) is 5.17. The van der Waals surface area contributed by atoms with E-state index < -0.39 is 17.6 Å². The van der Waals surface area contributed by atoms with Crippen LogP contribution < -0.4 is 15.4 Å². The van der Waals surface area contributed by atoms with Crippen LogP contribution in [0.15, 0.2) is 48.7 Å². The molecule has 1 saturated heterocycles. The molecular weight excluding hydrogens is 509 g/mol. The monoisotopic (exact) mass is 540 g/mol. The summed E-state index contributed by atoms with van der Waals surface area (Å²) in [5.41, 5.74) is 0.539. The highest BCUT2D eigenvalue weighted by Gasteiger charge is 2.34. The van der Waals surface area contributed by atoms with Crippen molar-refractivity contribution in [3.05, 3.63) is 70.9 Å². The number of rotatable bonds is 8. The Hall–Kier alpha value is -3.70. The number of hydrogen-bond donors (Lipinski definition) is 2. The van der Waals surface area contributed by atoms with Gasteiger partial charge in [0.05, 0.1) is 5.56 Å². The number of benzene rings is 2. The molecule has 2 fully saturated rings. The zero-order chi connectivity index (χ0) is 27.6. The van der Waals surface area contributed by atoms with Crippen molar-refractivity contribution < 1.29 is 22.7 Å². The molecule has 1 aliphatic heterocycles. The van der Waals surface area contributed by atoms with E-state index in [1.165, 1.54) is 12.1 Å². The molecule has 1 aliphatic carbocycles. The lowest BCUT2D eigenvalue weighted by Crippen LogP contribution is -2.44. The molecule has 1 saturated carbocycles. The number of aryl methyl sites for hydroxylation is 1. The molecule has 5 rings (SSSR count). The highest BCUT2D eigenvalue weighted by Crippen LogP contribution is 2.35. The van der Waals surface area contributed by atoms with E-state index in [2.05, 4.69) is 25.5 Å². The normalized spacial score (nSPS) is 16.6. The van der Waals surface area contributed by atoms with Gasteiger partial charge in [-0.2, -0.15) is 18.2 Å². The van der Waals surface area contributed by atoms with Crippen molar-refractivity contribution in [3.63, 3.8) is 0 Å². The molecule has 39 heavy (non-hydrogen) atoms. The first kappa shape index (κ1) is 26.9. The third-order valence-corrected chi connectivity index (χ3v) is 6.87. The Bertz CT molecular complexity index is 1340. The lowest BCUT2D eigenvalue weighted by atomic mass is 10.0. The van der Waals surface area contributed by atoms with Gasteiger partial charge in [-0.05, 0) is 62.2 Å². The highest BCUT2D eigenvalue weighted by atomic mass is 19.4. The third kappa shape index (κ3) is 7.04. The fourth-order valence-corrected chi connectivity index (χ4v) is 4.35. The molecule has 0 spiro atoms. The molecule has 1 aromatic heterocycles. The summed E-state index contributed by atoms with van der Waals surface area (Å²) < 4.78 is 47.7. The molecule has 1 amide bonds. The highest BCUT2D eigenvalue weighted by molar-refractivity contribution is 6.04. The van der Waals surface area contributed by atoms with Gasteiger partial charge in [-0.25, -0.2) is 4.98 Å². The fraction of sp³-hybridized carbons (Fsp3) is 0.393. The van der Waals surface area contributed by atoms with Crippen LogP contribution in [0.4, 0.5) is 24.8 Å². The molecule has 0 bridgehead atoms. The van der Waals surface area contributed by atoms with Gasteiger partial charge in [0.2, 0.25) is 11.8 Å². The smallest absolute Gasteiger partial charge is 0.416 e. The molecule has 206 valence electrons. The second-order valence-electron chi connectivity index (χ2n) is 10.1. The zero-order valence-corrected chi connectivity index (χ0v) is 21.9.